The van der Waals surface area contributed by atoms with Gasteiger partial charge in [-0.2, -0.15) is 0 Å². The van der Waals surface area contributed by atoms with E-state index < -0.39 is 0 Å². The smallest absolute Gasteiger partial charge is 0.261 e. The van der Waals surface area contributed by atoms with Crippen LogP contribution in [0.15, 0.2) is 70.2 Å². The molecule has 3 N–H and O–H groups in total. The number of aromatic amines is 1. The summed E-state index contributed by atoms with van der Waals surface area (Å²) in [4.78, 5) is 20.9. The Kier molecular flexibility index (Phi) is 5.84. The summed E-state index contributed by atoms with van der Waals surface area (Å²) in [5.74, 6) is -0.359. The van der Waals surface area contributed by atoms with Gasteiger partial charge in [0.1, 0.15) is 5.56 Å². The van der Waals surface area contributed by atoms with E-state index in [2.05, 4.69) is 15.3 Å². The molecule has 4 aromatic rings. The van der Waals surface area contributed by atoms with E-state index in [9.17, 15) is 9.90 Å². The molecular formula is C24H21ClN3O3+. The number of halogens is 1. The summed E-state index contributed by atoms with van der Waals surface area (Å²) < 4.78 is 6.09. The Balaban J connectivity index is 1.93. The Morgan fingerprint density at radius 3 is 2.61 bits per heavy atom. The number of aromatic nitrogens is 1. The number of hydrogen-bond donors (Lipinski definition) is 2. The van der Waals surface area contributed by atoms with Crippen LogP contribution in [0.5, 0.6) is 0 Å². The molecule has 0 aliphatic heterocycles. The number of carbonyl (C=O) groups is 1. The number of aliphatic hydroxyl groups excluding tert-OH is 1. The zero-order valence-electron chi connectivity index (χ0n) is 17.1. The maximum Gasteiger partial charge on any atom is 0.261 e. The van der Waals surface area contributed by atoms with Crippen molar-refractivity contribution in [1.82, 2.24) is 0 Å². The maximum atomic E-state index is 13.2. The monoisotopic (exact) mass is 434 g/mol. The molecule has 0 saturated carbocycles. The fourth-order valence-electron chi connectivity index (χ4n) is 3.25. The number of nitrogens with zero attached hydrogens (tertiary/aromatic N) is 1. The summed E-state index contributed by atoms with van der Waals surface area (Å²) in [6.45, 7) is 3.57. The van der Waals surface area contributed by atoms with Crippen LogP contribution in [-0.2, 0) is 6.61 Å². The lowest BCUT2D eigenvalue weighted by Gasteiger charge is -2.10. The Bertz CT molecular complexity index is 1340. The second-order valence-corrected chi connectivity index (χ2v) is 7.60. The van der Waals surface area contributed by atoms with Crippen molar-refractivity contribution in [2.45, 2.75) is 20.5 Å². The van der Waals surface area contributed by atoms with E-state index in [0.29, 0.717) is 32.9 Å². The first-order chi connectivity index (χ1) is 15.0. The summed E-state index contributed by atoms with van der Waals surface area (Å²) in [6, 6.07) is 16.1. The van der Waals surface area contributed by atoms with Crippen molar-refractivity contribution in [2.24, 2.45) is 4.99 Å². The topological polar surface area (TPSA) is 89.0 Å². The number of H-pyrrole nitrogens is 1. The average Bonchev–Trinajstić information content (AvgIpc) is 2.77. The summed E-state index contributed by atoms with van der Waals surface area (Å²) in [7, 11) is 0. The minimum atomic E-state index is -0.359. The third-order valence-corrected chi connectivity index (χ3v) is 5.23. The van der Waals surface area contributed by atoms with Crippen molar-refractivity contribution in [3.8, 4) is 0 Å². The van der Waals surface area contributed by atoms with Crippen LogP contribution in [-0.4, -0.2) is 11.0 Å². The number of anilines is 1. The van der Waals surface area contributed by atoms with Crippen molar-refractivity contribution >= 4 is 39.9 Å². The van der Waals surface area contributed by atoms with E-state index in [1.54, 1.807) is 36.5 Å². The first-order valence-electron chi connectivity index (χ1n) is 9.72. The number of hydrogen-bond acceptors (Lipinski definition) is 4. The van der Waals surface area contributed by atoms with E-state index in [0.717, 1.165) is 11.3 Å². The molecule has 0 saturated heterocycles. The van der Waals surface area contributed by atoms with Gasteiger partial charge in [-0.15, -0.1) is 0 Å². The molecule has 6 nitrogen and oxygen atoms in total. The molecular weight excluding hydrogens is 414 g/mol. The molecule has 0 radical (unpaired) electrons. The molecule has 0 unspecified atom stereocenters. The number of para-hydroxylation sites is 1. The van der Waals surface area contributed by atoms with Crippen molar-refractivity contribution < 1.29 is 19.3 Å². The number of carbonyl (C=O) groups excluding carboxylic acids is 1. The van der Waals surface area contributed by atoms with Gasteiger partial charge < -0.3 is 14.8 Å². The van der Waals surface area contributed by atoms with Crippen molar-refractivity contribution in [3.05, 3.63) is 93.8 Å². The predicted molar refractivity (Wildman–Crippen MR) is 119 cm³/mol. The lowest BCUT2D eigenvalue weighted by Crippen LogP contribution is -2.23. The van der Waals surface area contributed by atoms with Gasteiger partial charge in [0.2, 0.25) is 16.8 Å². The number of aliphatic hydroxyl groups is 1. The number of aryl methyl sites for hydroxylation is 2. The second kappa shape index (κ2) is 8.71. The molecule has 0 spiro atoms. The predicted octanol–water partition coefficient (Wildman–Crippen LogP) is 4.49. The highest BCUT2D eigenvalue weighted by atomic mass is 35.5. The molecule has 0 aliphatic rings. The number of rotatable bonds is 4. The standard InChI is InChI=1S/C24H20ClN3O3/c1-14-5-3-4-6-21(14)28-23(30)20-11-19-16(13-29)12-26-15(2)22(19)31-24(20)27-18-9-7-17(25)8-10-18/h3-12,29H,13H2,1-2H3,(H,28,30)/p+1. The third kappa shape index (κ3) is 4.35. The van der Waals surface area contributed by atoms with Gasteiger partial charge in [-0.05, 0) is 48.9 Å². The number of amides is 1. The molecule has 4 rings (SSSR count). The van der Waals surface area contributed by atoms with Gasteiger partial charge in [0.15, 0.2) is 6.20 Å². The molecule has 0 fully saturated rings. The highest BCUT2D eigenvalue weighted by molar-refractivity contribution is 6.30. The highest BCUT2D eigenvalue weighted by Gasteiger charge is 2.19. The fraction of sp³-hybridized carbons (Fsp3) is 0.125. The van der Waals surface area contributed by atoms with E-state index in [4.69, 9.17) is 16.0 Å². The molecule has 0 atom stereocenters. The van der Waals surface area contributed by atoms with Crippen molar-refractivity contribution in [3.63, 3.8) is 0 Å². The molecule has 0 bridgehead atoms. The van der Waals surface area contributed by atoms with Crippen LogP contribution >= 0.6 is 11.6 Å². The van der Waals surface area contributed by atoms with E-state index in [1.807, 2.05) is 38.1 Å². The van der Waals surface area contributed by atoms with Gasteiger partial charge in [0.25, 0.3) is 5.91 Å². The zero-order chi connectivity index (χ0) is 22.0. The van der Waals surface area contributed by atoms with Crippen LogP contribution in [0.1, 0.15) is 27.2 Å². The molecule has 7 heteroatoms. The zero-order valence-corrected chi connectivity index (χ0v) is 17.8. The number of benzene rings is 2. The third-order valence-electron chi connectivity index (χ3n) is 4.98. The molecule has 1 amide bonds. The van der Waals surface area contributed by atoms with Crippen LogP contribution in [0.4, 0.5) is 11.4 Å². The molecule has 31 heavy (non-hydrogen) atoms. The second-order valence-electron chi connectivity index (χ2n) is 7.16. The Labute approximate surface area is 183 Å². The van der Waals surface area contributed by atoms with Crippen LogP contribution in [0.25, 0.3) is 11.0 Å². The first-order valence-corrected chi connectivity index (χ1v) is 10.1. The number of fused-ring (bicyclic) bond motifs is 1. The van der Waals surface area contributed by atoms with Gasteiger partial charge in [0, 0.05) is 23.0 Å². The molecule has 2 heterocycles. The van der Waals surface area contributed by atoms with Crippen molar-refractivity contribution in [1.29, 1.82) is 0 Å². The minimum Gasteiger partial charge on any atom is -0.431 e. The van der Waals surface area contributed by atoms with E-state index >= 15 is 0 Å². The highest BCUT2D eigenvalue weighted by Crippen LogP contribution is 2.22. The number of nitrogens with one attached hydrogen (secondary N) is 2. The van der Waals surface area contributed by atoms with Crippen LogP contribution in [0.2, 0.25) is 5.02 Å². The fourth-order valence-corrected chi connectivity index (χ4v) is 3.37. The van der Waals surface area contributed by atoms with Crippen molar-refractivity contribution in [2.75, 3.05) is 5.32 Å². The summed E-state index contributed by atoms with van der Waals surface area (Å²) in [5, 5.41) is 13.9. The van der Waals surface area contributed by atoms with Gasteiger partial charge in [0.05, 0.1) is 17.9 Å². The summed E-state index contributed by atoms with van der Waals surface area (Å²) >= 11 is 5.98. The maximum absolute atomic E-state index is 13.2. The lowest BCUT2D eigenvalue weighted by molar-refractivity contribution is -0.386. The molecule has 0 aliphatic carbocycles. The van der Waals surface area contributed by atoms with Gasteiger partial charge in [-0.3, -0.25) is 4.79 Å². The molecule has 2 aromatic heterocycles. The summed E-state index contributed by atoms with van der Waals surface area (Å²) in [6.07, 6.45) is 1.70. The van der Waals surface area contributed by atoms with Crippen LogP contribution < -0.4 is 15.9 Å². The van der Waals surface area contributed by atoms with E-state index in [1.165, 1.54) is 0 Å². The van der Waals surface area contributed by atoms with Gasteiger partial charge in [-0.25, -0.2) is 9.98 Å². The first kappa shape index (κ1) is 20.8. The van der Waals surface area contributed by atoms with E-state index in [-0.39, 0.29) is 23.6 Å². The molecule has 156 valence electrons. The lowest BCUT2D eigenvalue weighted by atomic mass is 10.1. The largest absolute Gasteiger partial charge is 0.431 e. The minimum absolute atomic E-state index is 0.160. The van der Waals surface area contributed by atoms with Crippen LogP contribution in [0, 0.1) is 13.8 Å². The SMILES string of the molecule is Cc1ccccc1NC(=O)c1cc2c(CO)c[nH+]c(C)c2oc1=Nc1ccc(Cl)cc1. The normalized spacial score (nSPS) is 11.7. The quantitative estimate of drug-likeness (QED) is 0.495. The van der Waals surface area contributed by atoms with Gasteiger partial charge >= 0.3 is 0 Å². The Morgan fingerprint density at radius 2 is 1.90 bits per heavy atom. The summed E-state index contributed by atoms with van der Waals surface area (Å²) in [5.41, 5.74) is 4.54. The average molecular weight is 435 g/mol. The number of pyridine rings is 1. The van der Waals surface area contributed by atoms with Crippen LogP contribution in [0.3, 0.4) is 0 Å². The Hall–Kier alpha value is -3.48. The van der Waals surface area contributed by atoms with Gasteiger partial charge in [-0.1, -0.05) is 29.8 Å². The molecule has 2 aromatic carbocycles. The Morgan fingerprint density at radius 1 is 1.16 bits per heavy atom.